The summed E-state index contributed by atoms with van der Waals surface area (Å²) in [5, 5.41) is 14.6. The highest BCUT2D eigenvalue weighted by molar-refractivity contribution is 5.85. The predicted molar refractivity (Wildman–Crippen MR) is 526 cm³/mol. The van der Waals surface area contributed by atoms with Gasteiger partial charge in [-0.05, 0) is 133 Å². The third-order valence-electron chi connectivity index (χ3n) is 25.7. The van der Waals surface area contributed by atoms with Crippen molar-refractivity contribution < 1.29 is 75.7 Å². The number of carbonyl (C=O) groups excluding carboxylic acids is 4. The summed E-state index contributed by atoms with van der Waals surface area (Å²) in [7, 11) is 3.23. The standard InChI is InChI=1S/C75H78FN5O8.C35H46FN5O6.CH4/c1-9-11-12-13-14-15-28-37-65(82)87-62-47-52(3)46-53(4)67(62)72(5,6)49-66(83)86-50-73(10-2)63(88-75(57-33-24-18-25-34-57,58-35-26-19-27-36-58)59-40-44-61(85-8)45-41-59)48-64(89-73)81-51-77-68-69(78-71(76)79-70(68)81)80-74(54-29-20-16-21-30-54,55-31-22-17-23-32-55)56-38-42-60(84-7)43-39-56;1-7-9-10-11-12-13-14-15-27(43)46-24-17-22(3)16-23(4)29(24)34(5,6)19-28(44)45-20-35(8-2)25(42)18-26(47-35)41-21-38-30-31(37)39-33(36)40-32(30)41;/h2,16-27,29-36,38-47,51,63-64H,9,11-15,28,37,48-50H2,1,3-8H3,(H,78,79,80);2,16-17,21,25-26,42H,7,9-15,18-20H2,1,3-6H3,(H2,37,39,40);1H4/t63-,64+,73+;25-,26+,35+;/m00./s1. The molecule has 0 saturated carbocycles. The van der Waals surface area contributed by atoms with E-state index >= 15 is 4.39 Å². The number of halogens is 2. The number of nitrogens with two attached hydrogens (primary N) is 1. The Hall–Kier alpha value is -13.2. The van der Waals surface area contributed by atoms with Crippen LogP contribution < -0.4 is 30.0 Å². The Morgan fingerprint density at radius 2 is 0.883 bits per heavy atom. The number of benzene rings is 8. The van der Waals surface area contributed by atoms with Crippen LogP contribution in [0.15, 0.2) is 207 Å². The van der Waals surface area contributed by atoms with E-state index < -0.39 is 95.1 Å². The van der Waals surface area contributed by atoms with Gasteiger partial charge >= 0.3 is 36.0 Å². The first-order valence-corrected chi connectivity index (χ1v) is 46.9. The summed E-state index contributed by atoms with van der Waals surface area (Å²) in [6.45, 7) is 18.9. The molecule has 0 bridgehead atoms. The summed E-state index contributed by atoms with van der Waals surface area (Å²) >= 11 is 0. The van der Waals surface area contributed by atoms with E-state index in [1.165, 1.54) is 62.2 Å². The van der Waals surface area contributed by atoms with E-state index in [0.717, 1.165) is 112 Å². The van der Waals surface area contributed by atoms with Gasteiger partial charge < -0.3 is 58.8 Å². The van der Waals surface area contributed by atoms with Crippen molar-refractivity contribution in [2.75, 3.05) is 38.5 Å². The fourth-order valence-electron chi connectivity index (χ4n) is 19.0. The van der Waals surface area contributed by atoms with Crippen LogP contribution in [0.3, 0.4) is 0 Å². The van der Waals surface area contributed by atoms with Crippen molar-refractivity contribution >= 4 is 57.8 Å². The number of nitrogens with zero attached hydrogens (tertiary/aromatic N) is 8. The van der Waals surface area contributed by atoms with Crippen LogP contribution in [0, 0.1) is 64.5 Å². The minimum Gasteiger partial charge on any atom is -0.497 e. The molecule has 24 nitrogen and oxygen atoms in total. The van der Waals surface area contributed by atoms with Crippen LogP contribution in [0.5, 0.6) is 23.0 Å². The molecule has 0 unspecified atom stereocenters. The SMILES string of the molecule is C.C#C[C@]1(COC(=O)CC(C)(C)c2c(C)cc(C)cc2OC(=O)CCCCCCCCC)O[C@@H](n2cnc3c(N)nc(F)nc32)C[C@@H]1O.C#C[C@]1(COC(=O)CC(C)(C)c2c(C)cc(C)cc2OC(=O)CCCCCCCCC)O[C@@H](n2cnc3c(NC(c4ccccc4)(c4ccccc4)c4ccc(OC)cc4)nc(F)nc32)C[C@@H]1OC(c1ccccc1)(c1ccccc1)c1ccc(OC)cc1. The zero-order valence-corrected chi connectivity index (χ0v) is 79.8. The summed E-state index contributed by atoms with van der Waals surface area (Å²) in [5.74, 6) is 5.71. The Balaban J connectivity index is 0.000000296. The Morgan fingerprint density at radius 3 is 1.33 bits per heavy atom. The largest absolute Gasteiger partial charge is 0.497 e. The third kappa shape index (κ3) is 23.7. The molecule has 2 fully saturated rings. The van der Waals surface area contributed by atoms with Gasteiger partial charge in [0, 0.05) is 47.6 Å². The maximum absolute atomic E-state index is 16.7. The summed E-state index contributed by atoms with van der Waals surface area (Å²) in [5.41, 5.74) is 8.46. The third-order valence-corrected chi connectivity index (χ3v) is 25.7. The first-order valence-electron chi connectivity index (χ1n) is 46.9. The molecule has 8 aromatic carbocycles. The van der Waals surface area contributed by atoms with Crippen LogP contribution >= 0.6 is 0 Å². The second-order valence-corrected chi connectivity index (χ2v) is 36.7. The van der Waals surface area contributed by atoms with Crippen LogP contribution in [0.1, 0.15) is 257 Å². The normalized spacial score (nSPS) is 17.1. The van der Waals surface area contributed by atoms with Crippen molar-refractivity contribution in [3.8, 4) is 47.7 Å². The molecule has 2 aliphatic rings. The molecule has 4 aromatic heterocycles. The van der Waals surface area contributed by atoms with E-state index in [1.54, 1.807) is 18.8 Å². The predicted octanol–water partition coefficient (Wildman–Crippen LogP) is 22.0. The molecule has 26 heteroatoms. The highest BCUT2D eigenvalue weighted by Crippen LogP contribution is 2.51. The van der Waals surface area contributed by atoms with Gasteiger partial charge in [0.1, 0.15) is 72.0 Å². The zero-order valence-electron chi connectivity index (χ0n) is 79.8. The summed E-state index contributed by atoms with van der Waals surface area (Å²) < 4.78 is 89.9. The number of unbranched alkanes of at least 4 members (excludes halogenated alkanes) is 12. The summed E-state index contributed by atoms with van der Waals surface area (Å²) in [6.07, 6.45) is 24.8. The number of nitrogens with one attached hydrogen (secondary N) is 1. The monoisotopic (exact) mass is 1860 g/mol. The number of nitrogen functional groups attached to an aromatic ring is 1. The number of imidazole rings is 2. The molecule has 0 radical (unpaired) electrons. The molecule has 2 aliphatic heterocycles. The first-order chi connectivity index (χ1) is 65.5. The fourth-order valence-corrected chi connectivity index (χ4v) is 19.0. The second kappa shape index (κ2) is 46.1. The van der Waals surface area contributed by atoms with Gasteiger partial charge in [-0.2, -0.15) is 28.7 Å². The molecule has 6 heterocycles. The van der Waals surface area contributed by atoms with Gasteiger partial charge in [0.15, 0.2) is 45.2 Å². The lowest BCUT2D eigenvalue weighted by Gasteiger charge is -2.41. The first kappa shape index (κ1) is 103. The van der Waals surface area contributed by atoms with E-state index in [4.69, 9.17) is 66.2 Å². The van der Waals surface area contributed by atoms with E-state index in [-0.39, 0.29) is 85.4 Å². The van der Waals surface area contributed by atoms with E-state index in [1.807, 2.05) is 250 Å². The lowest BCUT2D eigenvalue weighted by atomic mass is 9.77. The Morgan fingerprint density at radius 1 is 0.504 bits per heavy atom. The number of fused-ring (bicyclic) bond motifs is 2. The Kier molecular flexibility index (Phi) is 34.5. The number of aryl methyl sites for hydroxylation is 4. The van der Waals surface area contributed by atoms with Crippen molar-refractivity contribution in [1.82, 2.24) is 39.0 Å². The van der Waals surface area contributed by atoms with Crippen LogP contribution in [0.2, 0.25) is 0 Å². The average Bonchev–Trinajstić information content (AvgIpc) is 1.65. The van der Waals surface area contributed by atoms with Gasteiger partial charge in [-0.15, -0.1) is 12.8 Å². The average molecular weight is 1860 g/mol. The molecule has 137 heavy (non-hydrogen) atoms. The minimum atomic E-state index is -1.81. The molecular formula is C111H128F2N10O14. The quantitative estimate of drug-likeness (QED) is 0.00799. The number of hydrogen-bond donors (Lipinski definition) is 3. The maximum Gasteiger partial charge on any atom is 0.312 e. The van der Waals surface area contributed by atoms with Gasteiger partial charge in [-0.3, -0.25) is 28.3 Å². The van der Waals surface area contributed by atoms with Crippen molar-refractivity contribution in [1.29, 1.82) is 0 Å². The Labute approximate surface area is 802 Å². The zero-order chi connectivity index (χ0) is 97.0. The number of aromatic nitrogens is 8. The lowest BCUT2D eigenvalue weighted by Crippen LogP contribution is -2.49. The molecule has 6 atom stereocenters. The molecule has 0 amide bonds. The second-order valence-electron chi connectivity index (χ2n) is 36.7. The number of hydrogen-bond acceptors (Lipinski definition) is 22. The summed E-state index contributed by atoms with van der Waals surface area (Å²) in [6, 6.07) is 62.4. The van der Waals surface area contributed by atoms with E-state index in [9.17, 15) is 28.7 Å². The van der Waals surface area contributed by atoms with E-state index in [0.29, 0.717) is 29.4 Å². The number of esters is 4. The van der Waals surface area contributed by atoms with Gasteiger partial charge in [0.25, 0.3) is 0 Å². The molecule has 14 rings (SSSR count). The molecule has 2 saturated heterocycles. The van der Waals surface area contributed by atoms with Gasteiger partial charge in [-0.25, -0.2) is 9.97 Å². The number of methoxy groups -OCH3 is 2. The molecule has 4 N–H and O–H groups in total. The lowest BCUT2D eigenvalue weighted by molar-refractivity contribution is -0.166. The number of aliphatic hydroxyl groups excluding tert-OH is 1. The highest BCUT2D eigenvalue weighted by Gasteiger charge is 2.56. The Bertz CT molecular complexity index is 6110. The van der Waals surface area contributed by atoms with Gasteiger partial charge in [-0.1, -0.05) is 296 Å². The van der Waals surface area contributed by atoms with Crippen LogP contribution in [0.25, 0.3) is 22.3 Å². The number of anilines is 2. The molecule has 0 spiro atoms. The molecule has 0 aliphatic carbocycles. The number of ether oxygens (including phenoxy) is 9. The minimum absolute atomic E-state index is 0. The van der Waals surface area contributed by atoms with Gasteiger partial charge in [0.2, 0.25) is 0 Å². The topological polar surface area (TPSA) is 297 Å². The van der Waals surface area contributed by atoms with Crippen molar-refractivity contribution in [3.63, 3.8) is 0 Å². The summed E-state index contributed by atoms with van der Waals surface area (Å²) in [4.78, 5) is 79.5. The number of terminal acetylenes is 2. The smallest absolute Gasteiger partial charge is 0.312 e. The van der Waals surface area contributed by atoms with Crippen LogP contribution in [-0.2, 0) is 64.8 Å². The van der Waals surface area contributed by atoms with Crippen LogP contribution in [0.4, 0.5) is 20.4 Å². The maximum atomic E-state index is 16.7. The van der Waals surface area contributed by atoms with Crippen molar-refractivity contribution in [3.05, 3.63) is 286 Å². The fraction of sp³-hybridized carbons (Fsp3) is 0.405. The number of aliphatic hydroxyl groups is 1. The van der Waals surface area contributed by atoms with E-state index in [2.05, 4.69) is 55.9 Å². The number of carbonyl (C=O) groups is 4. The molecule has 720 valence electrons. The molecular weight excluding hydrogens is 1740 g/mol. The van der Waals surface area contributed by atoms with Crippen LogP contribution in [-0.4, -0.2) is 119 Å². The molecule has 12 aromatic rings. The van der Waals surface area contributed by atoms with Crippen molar-refractivity contribution in [2.45, 2.75) is 263 Å². The van der Waals surface area contributed by atoms with Crippen molar-refractivity contribution in [2.24, 2.45) is 0 Å². The van der Waals surface area contributed by atoms with Gasteiger partial charge in [0.05, 0.1) is 39.7 Å². The number of rotatable bonds is 42. The highest BCUT2D eigenvalue weighted by atomic mass is 19.1.